The first-order chi connectivity index (χ1) is 13.4. The van der Waals surface area contributed by atoms with Gasteiger partial charge in [0.1, 0.15) is 0 Å². The second-order valence-electron chi connectivity index (χ2n) is 6.93. The van der Waals surface area contributed by atoms with Crippen LogP contribution >= 0.6 is 11.8 Å². The number of thioether (sulfide) groups is 1. The molecule has 3 aromatic carbocycles. The van der Waals surface area contributed by atoms with Crippen molar-refractivity contribution in [2.45, 2.75) is 11.5 Å². The van der Waals surface area contributed by atoms with Gasteiger partial charge in [0.25, 0.3) is 0 Å². The highest BCUT2D eigenvalue weighted by atomic mass is 32.2. The molecule has 0 radical (unpaired) electrons. The van der Waals surface area contributed by atoms with Gasteiger partial charge in [0, 0.05) is 11.5 Å². The van der Waals surface area contributed by atoms with Gasteiger partial charge in [0.15, 0.2) is 0 Å². The van der Waals surface area contributed by atoms with Gasteiger partial charge in [0.2, 0.25) is 0 Å². The summed E-state index contributed by atoms with van der Waals surface area (Å²) in [6.07, 6.45) is 0. The molecule has 0 fully saturated rings. The van der Waals surface area contributed by atoms with Gasteiger partial charge in [-0.25, -0.2) is 0 Å². The molecule has 1 heteroatoms. The molecule has 3 aromatic rings. The van der Waals surface area contributed by atoms with Crippen LogP contribution in [0.5, 0.6) is 0 Å². The van der Waals surface area contributed by atoms with Crippen LogP contribution in [0.25, 0.3) is 32.7 Å². The third kappa shape index (κ3) is 3.09. The maximum Gasteiger partial charge on any atom is 0.0200 e. The van der Waals surface area contributed by atoms with Gasteiger partial charge in [-0.1, -0.05) is 91.0 Å². The van der Waals surface area contributed by atoms with Crippen LogP contribution in [-0.4, -0.2) is 0 Å². The van der Waals surface area contributed by atoms with E-state index in [1.54, 1.807) is 0 Å². The molecule has 0 saturated carbocycles. The molecule has 0 nitrogen and oxygen atoms in total. The lowest BCUT2D eigenvalue weighted by Gasteiger charge is -2.11. The molecule has 0 spiro atoms. The van der Waals surface area contributed by atoms with E-state index in [2.05, 4.69) is 97.1 Å². The molecule has 2 aliphatic rings. The fourth-order valence-electron chi connectivity index (χ4n) is 3.93. The van der Waals surface area contributed by atoms with Crippen molar-refractivity contribution in [3.63, 3.8) is 0 Å². The van der Waals surface area contributed by atoms with Crippen LogP contribution in [0.3, 0.4) is 0 Å². The van der Waals surface area contributed by atoms with Crippen molar-refractivity contribution in [2.24, 2.45) is 0 Å². The molecule has 5 rings (SSSR count). The minimum atomic E-state index is 1.02. The van der Waals surface area contributed by atoms with E-state index in [1.165, 1.54) is 43.8 Å². The Morgan fingerprint density at radius 1 is 0.556 bits per heavy atom. The van der Waals surface area contributed by atoms with Gasteiger partial charge < -0.3 is 0 Å². The number of fused-ring (bicyclic) bond motifs is 3. The van der Waals surface area contributed by atoms with Crippen LogP contribution in [0.2, 0.25) is 0 Å². The molecular weight excluding hydrogens is 344 g/mol. The van der Waals surface area contributed by atoms with Gasteiger partial charge in [0.05, 0.1) is 0 Å². The Bertz CT molecular complexity index is 1150. The van der Waals surface area contributed by atoms with Crippen LogP contribution in [0.1, 0.15) is 11.1 Å². The lowest BCUT2D eigenvalue weighted by molar-refractivity contribution is 1.43. The molecule has 0 unspecified atom stereocenters. The Morgan fingerprint density at radius 3 is 2.00 bits per heavy atom. The number of hydrogen-bond donors (Lipinski definition) is 0. The van der Waals surface area contributed by atoms with E-state index in [-0.39, 0.29) is 0 Å². The second-order valence-corrected chi connectivity index (χ2v) is 7.91. The summed E-state index contributed by atoms with van der Waals surface area (Å²) in [6.45, 7) is 0. The normalized spacial score (nSPS) is 11.4. The molecule has 0 aliphatic heterocycles. The summed E-state index contributed by atoms with van der Waals surface area (Å²) in [4.78, 5) is 0. The van der Waals surface area contributed by atoms with Gasteiger partial charge >= 0.3 is 0 Å². The lowest BCUT2D eigenvalue weighted by Crippen LogP contribution is -1.89. The van der Waals surface area contributed by atoms with E-state index in [4.69, 9.17) is 0 Å². The molecule has 0 bridgehead atoms. The lowest BCUT2D eigenvalue weighted by atomic mass is 9.98. The number of rotatable bonds is 4. The Kier molecular flexibility index (Phi) is 4.31. The summed E-state index contributed by atoms with van der Waals surface area (Å²) < 4.78 is 0. The van der Waals surface area contributed by atoms with Crippen molar-refractivity contribution in [1.82, 2.24) is 0 Å². The standard InChI is InChI=1S/C26H20S/c1-2-8-19-14-15-22(23(19)11-3-1)17-27-18-26-24-12-6-4-9-20(24)16-21-10-5-7-13-25(21)26/h1-16H,17-18H2. The van der Waals surface area contributed by atoms with Crippen LogP contribution in [0.4, 0.5) is 0 Å². The molecule has 0 atom stereocenters. The van der Waals surface area contributed by atoms with Crippen molar-refractivity contribution in [3.05, 3.63) is 108 Å². The van der Waals surface area contributed by atoms with E-state index < -0.39 is 0 Å². The number of benzene rings is 3. The molecule has 0 amide bonds. The van der Waals surface area contributed by atoms with Gasteiger partial charge in [-0.15, -0.1) is 0 Å². The van der Waals surface area contributed by atoms with Crippen LogP contribution in [0, 0.1) is 0 Å². The largest absolute Gasteiger partial charge is 0.152 e. The zero-order valence-electron chi connectivity index (χ0n) is 15.1. The summed E-state index contributed by atoms with van der Waals surface area (Å²) in [5.41, 5.74) is 5.58. The summed E-state index contributed by atoms with van der Waals surface area (Å²) in [5, 5.41) is 5.42. The number of hydrogen-bond acceptors (Lipinski definition) is 1. The third-order valence-corrected chi connectivity index (χ3v) is 6.28. The predicted molar refractivity (Wildman–Crippen MR) is 120 cm³/mol. The molecule has 27 heavy (non-hydrogen) atoms. The first-order valence-electron chi connectivity index (χ1n) is 9.34. The van der Waals surface area contributed by atoms with Crippen molar-refractivity contribution in [2.75, 3.05) is 0 Å². The van der Waals surface area contributed by atoms with Crippen molar-refractivity contribution < 1.29 is 0 Å². The second kappa shape index (κ2) is 7.09. The van der Waals surface area contributed by atoms with E-state index in [1.807, 2.05) is 11.8 Å². The molecule has 0 aromatic heterocycles. The Labute approximate surface area is 164 Å². The molecule has 130 valence electrons. The quantitative estimate of drug-likeness (QED) is 0.297. The van der Waals surface area contributed by atoms with E-state index in [0.29, 0.717) is 0 Å². The summed E-state index contributed by atoms with van der Waals surface area (Å²) >= 11 is 2.01. The average Bonchev–Trinajstić information content (AvgIpc) is 2.93. The minimum Gasteiger partial charge on any atom is -0.152 e. The first kappa shape index (κ1) is 16.4. The minimum absolute atomic E-state index is 1.02. The van der Waals surface area contributed by atoms with Crippen molar-refractivity contribution in [1.29, 1.82) is 0 Å². The van der Waals surface area contributed by atoms with Crippen LogP contribution in [0.15, 0.2) is 97.1 Å². The van der Waals surface area contributed by atoms with Crippen LogP contribution in [-0.2, 0) is 11.5 Å². The highest BCUT2D eigenvalue weighted by Crippen LogP contribution is 2.34. The van der Waals surface area contributed by atoms with E-state index >= 15 is 0 Å². The topological polar surface area (TPSA) is 0 Å². The fraction of sp³-hybridized carbons (Fsp3) is 0.0769. The zero-order valence-corrected chi connectivity index (χ0v) is 15.9. The average molecular weight is 365 g/mol. The van der Waals surface area contributed by atoms with Crippen molar-refractivity contribution in [3.8, 4) is 11.1 Å². The molecule has 0 heterocycles. The van der Waals surface area contributed by atoms with Gasteiger partial charge in [-0.05, 0) is 49.9 Å². The van der Waals surface area contributed by atoms with Crippen LogP contribution < -0.4 is 0 Å². The third-order valence-electron chi connectivity index (χ3n) is 5.27. The maximum absolute atomic E-state index is 2.31. The maximum atomic E-state index is 2.31. The fourth-order valence-corrected chi connectivity index (χ4v) is 5.02. The molecule has 0 N–H and O–H groups in total. The monoisotopic (exact) mass is 364 g/mol. The highest BCUT2D eigenvalue weighted by Gasteiger charge is 2.10. The predicted octanol–water partition coefficient (Wildman–Crippen LogP) is 7.53. The zero-order chi connectivity index (χ0) is 18.1. The van der Waals surface area contributed by atoms with Crippen molar-refractivity contribution >= 4 is 33.3 Å². The smallest absolute Gasteiger partial charge is 0.0200 e. The van der Waals surface area contributed by atoms with Gasteiger partial charge in [-0.2, -0.15) is 11.8 Å². The summed E-state index contributed by atoms with van der Waals surface area (Å²) in [5.74, 6) is 2.05. The highest BCUT2D eigenvalue weighted by molar-refractivity contribution is 7.97. The molecule has 0 saturated heterocycles. The summed E-state index contributed by atoms with van der Waals surface area (Å²) in [6, 6.07) is 35.1. The Balaban J connectivity index is 1.48. The van der Waals surface area contributed by atoms with E-state index in [0.717, 1.165) is 11.5 Å². The SMILES string of the molecule is c1ccc2ccc(CSCc3c4ccccc4cc4ccccc34)c-2cc1. The molecule has 2 aliphatic carbocycles. The summed E-state index contributed by atoms with van der Waals surface area (Å²) in [7, 11) is 0. The Morgan fingerprint density at radius 2 is 1.22 bits per heavy atom. The molecular formula is C26H20S. The Hall–Kier alpha value is -2.77. The van der Waals surface area contributed by atoms with Gasteiger partial charge in [-0.3, -0.25) is 0 Å². The first-order valence-corrected chi connectivity index (χ1v) is 10.5. The van der Waals surface area contributed by atoms with E-state index in [9.17, 15) is 0 Å².